The van der Waals surface area contributed by atoms with Crippen molar-refractivity contribution in [3.05, 3.63) is 23.1 Å². The number of esters is 1. The van der Waals surface area contributed by atoms with Gasteiger partial charge in [0.25, 0.3) is 5.91 Å². The molecule has 92 valence electrons. The number of imide groups is 1. The molecule has 1 rings (SSSR count). The number of hydrogen-bond acceptors (Lipinski definition) is 5. The van der Waals surface area contributed by atoms with Crippen molar-refractivity contribution >= 4 is 17.9 Å². The van der Waals surface area contributed by atoms with Crippen molar-refractivity contribution in [3.63, 3.8) is 0 Å². The summed E-state index contributed by atoms with van der Waals surface area (Å²) >= 11 is 0. The normalized spacial score (nSPS) is 16.6. The van der Waals surface area contributed by atoms with Gasteiger partial charge in [-0.05, 0) is 18.7 Å². The number of carbonyl (C=O) groups excluding carboxylic acids is 3. The lowest BCUT2D eigenvalue weighted by Crippen LogP contribution is -2.25. The van der Waals surface area contributed by atoms with E-state index < -0.39 is 23.9 Å². The summed E-state index contributed by atoms with van der Waals surface area (Å²) in [5.74, 6) is -1.36. The van der Waals surface area contributed by atoms with Gasteiger partial charge in [0.2, 0.25) is 0 Å². The number of urea groups is 1. The zero-order chi connectivity index (χ0) is 13.5. The van der Waals surface area contributed by atoms with Crippen LogP contribution in [0.25, 0.3) is 0 Å². The first-order chi connectivity index (χ1) is 8.58. The molecule has 1 saturated heterocycles. The Morgan fingerprint density at radius 2 is 2.28 bits per heavy atom. The molecule has 18 heavy (non-hydrogen) atoms. The molecule has 1 fully saturated rings. The molecule has 7 heteroatoms. The van der Waals surface area contributed by atoms with Gasteiger partial charge in [0.15, 0.2) is 5.57 Å². The van der Waals surface area contributed by atoms with Crippen LogP contribution in [0.15, 0.2) is 23.1 Å². The first kappa shape index (κ1) is 13.3. The van der Waals surface area contributed by atoms with Crippen LogP contribution in [-0.4, -0.2) is 30.6 Å². The average molecular weight is 247 g/mol. The van der Waals surface area contributed by atoms with Gasteiger partial charge in [0.05, 0.1) is 6.61 Å². The van der Waals surface area contributed by atoms with Gasteiger partial charge in [-0.3, -0.25) is 10.1 Å². The molecular weight excluding hydrogens is 238 g/mol. The summed E-state index contributed by atoms with van der Waals surface area (Å²) < 4.78 is 4.59. The lowest BCUT2D eigenvalue weighted by atomic mass is 10.3. The van der Waals surface area contributed by atoms with Crippen molar-refractivity contribution in [1.82, 2.24) is 10.6 Å². The molecule has 1 heterocycles. The number of hydrogen-bond donors (Lipinski definition) is 2. The summed E-state index contributed by atoms with van der Waals surface area (Å²) in [6.45, 7) is 1.74. The van der Waals surface area contributed by atoms with E-state index in [1.807, 2.05) is 5.32 Å². The van der Waals surface area contributed by atoms with Crippen molar-refractivity contribution in [2.75, 3.05) is 6.61 Å². The summed E-state index contributed by atoms with van der Waals surface area (Å²) in [4.78, 5) is 33.0. The highest BCUT2D eigenvalue weighted by Crippen LogP contribution is 1.95. The zero-order valence-electron chi connectivity index (χ0n) is 9.44. The Morgan fingerprint density at radius 1 is 1.56 bits per heavy atom. The quantitative estimate of drug-likeness (QED) is 0.230. The molecule has 2 N–H and O–H groups in total. The smallest absolute Gasteiger partial charge is 0.357 e. The molecule has 1 aliphatic heterocycles. The molecule has 1 aliphatic rings. The molecule has 0 aliphatic carbocycles. The first-order valence-corrected chi connectivity index (χ1v) is 4.99. The van der Waals surface area contributed by atoms with Crippen LogP contribution in [0.2, 0.25) is 0 Å². The van der Waals surface area contributed by atoms with Crippen LogP contribution in [0, 0.1) is 11.3 Å². The van der Waals surface area contributed by atoms with Crippen molar-refractivity contribution in [3.8, 4) is 6.07 Å². The molecular formula is C11H9N3O4. The number of ether oxygens (including phenoxy) is 1. The van der Waals surface area contributed by atoms with Gasteiger partial charge >= 0.3 is 12.0 Å². The standard InChI is InChI=1S/C11H9N3O4/c1-2-18-10(16)7(6-12)4-3-5-8-9(15)14-11(17)13-8/h5,8H,2H2,1H3,(H2,13,14,15,17). The molecule has 0 aromatic heterocycles. The fourth-order valence-electron chi connectivity index (χ4n) is 1.07. The Balaban J connectivity index is 2.89. The van der Waals surface area contributed by atoms with E-state index in [0.717, 1.165) is 0 Å². The number of amides is 3. The summed E-state index contributed by atoms with van der Waals surface area (Å²) in [6, 6.07) is 0.0973. The zero-order valence-corrected chi connectivity index (χ0v) is 9.44. The monoisotopic (exact) mass is 247 g/mol. The highest BCUT2D eigenvalue weighted by Gasteiger charge is 2.26. The van der Waals surface area contributed by atoms with Gasteiger partial charge in [-0.1, -0.05) is 5.73 Å². The highest BCUT2D eigenvalue weighted by molar-refractivity contribution is 6.05. The molecule has 0 saturated carbocycles. The second kappa shape index (κ2) is 6.06. The topological polar surface area (TPSA) is 108 Å². The number of carbonyl (C=O) groups is 3. The van der Waals surface area contributed by atoms with Crippen molar-refractivity contribution in [1.29, 1.82) is 5.26 Å². The van der Waals surface area contributed by atoms with Crippen LogP contribution in [-0.2, 0) is 14.3 Å². The van der Waals surface area contributed by atoms with E-state index in [-0.39, 0.29) is 12.2 Å². The van der Waals surface area contributed by atoms with E-state index >= 15 is 0 Å². The molecule has 0 bridgehead atoms. The molecule has 0 aromatic rings. The molecule has 1 atom stereocenters. The Labute approximate surface area is 102 Å². The summed E-state index contributed by atoms with van der Waals surface area (Å²) in [5.41, 5.74) is 4.26. The summed E-state index contributed by atoms with van der Waals surface area (Å²) in [7, 11) is 0. The Morgan fingerprint density at radius 3 is 2.78 bits per heavy atom. The fourth-order valence-corrected chi connectivity index (χ4v) is 1.07. The molecule has 0 aromatic carbocycles. The van der Waals surface area contributed by atoms with Crippen LogP contribution in [0.1, 0.15) is 6.92 Å². The minimum atomic E-state index is -0.882. The fraction of sp³-hybridized carbons (Fsp3) is 0.273. The largest absolute Gasteiger partial charge is 0.461 e. The number of nitrogens with zero attached hydrogens (tertiary/aromatic N) is 1. The third-order valence-corrected chi connectivity index (χ3v) is 1.84. The van der Waals surface area contributed by atoms with Gasteiger partial charge in [-0.25, -0.2) is 9.59 Å². The second-order valence-electron chi connectivity index (χ2n) is 3.08. The molecule has 7 nitrogen and oxygen atoms in total. The predicted octanol–water partition coefficient (Wildman–Crippen LogP) is -0.482. The second-order valence-corrected chi connectivity index (χ2v) is 3.08. The van der Waals surface area contributed by atoms with Crippen LogP contribution in [0.4, 0.5) is 4.79 Å². The average Bonchev–Trinajstić information content (AvgIpc) is 2.63. The van der Waals surface area contributed by atoms with Gasteiger partial charge in [-0.2, -0.15) is 5.26 Å². The highest BCUT2D eigenvalue weighted by atomic mass is 16.5. The summed E-state index contributed by atoms with van der Waals surface area (Å²) in [5, 5.41) is 13.0. The molecule has 0 spiro atoms. The van der Waals surface area contributed by atoms with E-state index in [9.17, 15) is 14.4 Å². The van der Waals surface area contributed by atoms with Crippen LogP contribution >= 0.6 is 0 Å². The van der Waals surface area contributed by atoms with Crippen LogP contribution < -0.4 is 10.6 Å². The predicted molar refractivity (Wildman–Crippen MR) is 57.8 cm³/mol. The van der Waals surface area contributed by atoms with E-state index in [1.54, 1.807) is 13.0 Å². The molecule has 1 unspecified atom stereocenters. The number of nitrogens with one attached hydrogen (secondary N) is 2. The number of nitriles is 1. The van der Waals surface area contributed by atoms with Gasteiger partial charge in [-0.15, -0.1) is 0 Å². The maximum atomic E-state index is 11.2. The van der Waals surface area contributed by atoms with E-state index in [2.05, 4.69) is 21.5 Å². The first-order valence-electron chi connectivity index (χ1n) is 4.99. The lowest BCUT2D eigenvalue weighted by molar-refractivity contribution is -0.138. The van der Waals surface area contributed by atoms with E-state index in [1.165, 1.54) is 6.08 Å². The maximum Gasteiger partial charge on any atom is 0.357 e. The molecule has 3 amide bonds. The van der Waals surface area contributed by atoms with Gasteiger partial charge in [0, 0.05) is 0 Å². The van der Waals surface area contributed by atoms with Crippen molar-refractivity contribution < 1.29 is 19.1 Å². The SMILES string of the molecule is CCOC(=O)C(=C=C=CC1NC(=O)NC1=O)C#N. The van der Waals surface area contributed by atoms with Gasteiger partial charge < -0.3 is 10.1 Å². The Hall–Kier alpha value is -2.80. The van der Waals surface area contributed by atoms with Crippen LogP contribution in [0.5, 0.6) is 0 Å². The maximum absolute atomic E-state index is 11.2. The Bertz CT molecular complexity index is 531. The van der Waals surface area contributed by atoms with Crippen molar-refractivity contribution in [2.45, 2.75) is 13.0 Å². The third kappa shape index (κ3) is 3.35. The minimum Gasteiger partial charge on any atom is -0.461 e. The van der Waals surface area contributed by atoms with E-state index in [4.69, 9.17) is 5.26 Å². The summed E-state index contributed by atoms with van der Waals surface area (Å²) in [6.07, 6.45) is 1.18. The molecule has 0 radical (unpaired) electrons. The van der Waals surface area contributed by atoms with Gasteiger partial charge in [0.1, 0.15) is 12.1 Å². The Kier molecular flexibility index (Phi) is 4.47. The van der Waals surface area contributed by atoms with E-state index in [0.29, 0.717) is 0 Å². The van der Waals surface area contributed by atoms with Crippen LogP contribution in [0.3, 0.4) is 0 Å². The lowest BCUT2D eigenvalue weighted by Gasteiger charge is -1.95. The van der Waals surface area contributed by atoms with Crippen molar-refractivity contribution in [2.24, 2.45) is 0 Å². The minimum absolute atomic E-state index is 0.135. The number of rotatable bonds is 3. The third-order valence-electron chi connectivity index (χ3n) is 1.84.